The maximum absolute atomic E-state index is 12.0. The zero-order valence-corrected chi connectivity index (χ0v) is 6.02. The van der Waals surface area contributed by atoms with Gasteiger partial charge in [-0.1, -0.05) is 0 Å². The molecule has 1 rings (SSSR count). The van der Waals surface area contributed by atoms with Crippen LogP contribution in [0.4, 0.5) is 19.0 Å². The van der Waals surface area contributed by atoms with E-state index in [0.29, 0.717) is 0 Å². The summed E-state index contributed by atoms with van der Waals surface area (Å²) in [5, 5.41) is 2.28. The largest absolute Gasteiger partial charge is 0.416 e. The Kier molecular flexibility index (Phi) is 2.21. The molecule has 0 fully saturated rings. The van der Waals surface area contributed by atoms with Gasteiger partial charge in [-0.15, -0.1) is 0 Å². The van der Waals surface area contributed by atoms with Crippen molar-refractivity contribution >= 4 is 5.82 Å². The van der Waals surface area contributed by atoms with Gasteiger partial charge in [0.25, 0.3) is 0 Å². The zero-order valence-electron chi connectivity index (χ0n) is 6.02. The van der Waals surface area contributed by atoms with E-state index in [-0.39, 0.29) is 5.82 Å². The molecule has 1 aromatic rings. The molecule has 0 aromatic carbocycles. The van der Waals surface area contributed by atoms with Crippen molar-refractivity contribution in [1.29, 1.82) is 0 Å². The Morgan fingerprint density at radius 1 is 1.42 bits per heavy atom. The lowest BCUT2D eigenvalue weighted by Crippen LogP contribution is -2.05. The van der Waals surface area contributed by atoms with Gasteiger partial charge in [0.05, 0.1) is 5.56 Å². The minimum absolute atomic E-state index is 0.102. The Balaban J connectivity index is 3.02. The molecule has 0 saturated heterocycles. The normalized spacial score (nSPS) is 11.3. The third-order valence-electron chi connectivity index (χ3n) is 1.27. The van der Waals surface area contributed by atoms with Crippen LogP contribution in [0.1, 0.15) is 5.56 Å². The highest BCUT2D eigenvalue weighted by atomic mass is 19.4. The maximum atomic E-state index is 12.0. The number of nitrogens with one attached hydrogen (secondary N) is 1. The lowest BCUT2D eigenvalue weighted by atomic mass is 10.2. The molecule has 1 aromatic heterocycles. The van der Waals surface area contributed by atoms with Crippen LogP contribution in [0, 0.1) is 7.05 Å². The number of hydrogen-bond acceptors (Lipinski definition) is 2. The first-order valence-electron chi connectivity index (χ1n) is 3.10. The van der Waals surface area contributed by atoms with Gasteiger partial charge in [-0.25, -0.2) is 4.98 Å². The van der Waals surface area contributed by atoms with Crippen LogP contribution in [0.15, 0.2) is 18.3 Å². The topological polar surface area (TPSA) is 24.9 Å². The van der Waals surface area contributed by atoms with E-state index >= 15 is 0 Å². The predicted molar refractivity (Wildman–Crippen MR) is 38.2 cm³/mol. The molecule has 0 aliphatic heterocycles. The van der Waals surface area contributed by atoms with Gasteiger partial charge in [0.15, 0.2) is 0 Å². The van der Waals surface area contributed by atoms with E-state index in [1.54, 1.807) is 0 Å². The van der Waals surface area contributed by atoms with Crippen molar-refractivity contribution in [2.75, 3.05) is 5.32 Å². The van der Waals surface area contributed by atoms with Gasteiger partial charge in [-0.05, 0) is 12.1 Å². The third-order valence-corrected chi connectivity index (χ3v) is 1.27. The minimum atomic E-state index is -4.32. The van der Waals surface area contributed by atoms with Crippen LogP contribution in [0.3, 0.4) is 0 Å². The van der Waals surface area contributed by atoms with E-state index < -0.39 is 11.7 Å². The Bertz CT molecular complexity index is 270. The summed E-state index contributed by atoms with van der Waals surface area (Å²) in [5.41, 5.74) is -0.733. The van der Waals surface area contributed by atoms with Gasteiger partial charge < -0.3 is 5.32 Å². The highest BCUT2D eigenvalue weighted by Crippen LogP contribution is 2.29. The van der Waals surface area contributed by atoms with Crippen LogP contribution in [0.25, 0.3) is 0 Å². The Morgan fingerprint density at radius 3 is 2.58 bits per heavy atom. The standard InChI is InChI=1S/C7H6F3N2/c1-11-6-4-5(2-3-12-6)7(8,9)10/h2-4H,1H2,(H,11,12). The van der Waals surface area contributed by atoms with Crippen molar-refractivity contribution in [3.8, 4) is 0 Å². The average molecular weight is 175 g/mol. The summed E-state index contributed by atoms with van der Waals surface area (Å²) < 4.78 is 36.1. The molecule has 0 unspecified atom stereocenters. The maximum Gasteiger partial charge on any atom is 0.416 e. The molecular weight excluding hydrogens is 169 g/mol. The van der Waals surface area contributed by atoms with Crippen molar-refractivity contribution in [2.24, 2.45) is 0 Å². The summed E-state index contributed by atoms with van der Waals surface area (Å²) in [6.07, 6.45) is -3.25. The molecule has 0 spiro atoms. The van der Waals surface area contributed by atoms with Gasteiger partial charge >= 0.3 is 6.18 Å². The molecule has 65 valence electrons. The van der Waals surface area contributed by atoms with Crippen molar-refractivity contribution < 1.29 is 13.2 Å². The van der Waals surface area contributed by atoms with Crippen LogP contribution >= 0.6 is 0 Å². The van der Waals surface area contributed by atoms with Gasteiger partial charge in [0.1, 0.15) is 5.82 Å². The number of aromatic nitrogens is 1. The fourth-order valence-electron chi connectivity index (χ4n) is 0.704. The van der Waals surface area contributed by atoms with Crippen LogP contribution < -0.4 is 5.32 Å². The summed E-state index contributed by atoms with van der Waals surface area (Å²) >= 11 is 0. The number of hydrogen-bond donors (Lipinski definition) is 1. The molecule has 0 saturated carbocycles. The lowest BCUT2D eigenvalue weighted by Gasteiger charge is -2.06. The number of halogens is 3. The number of nitrogens with zero attached hydrogens (tertiary/aromatic N) is 1. The summed E-state index contributed by atoms with van der Waals surface area (Å²) in [6.45, 7) is 0. The monoisotopic (exact) mass is 175 g/mol. The molecule has 12 heavy (non-hydrogen) atoms. The fourth-order valence-corrected chi connectivity index (χ4v) is 0.704. The van der Waals surface area contributed by atoms with E-state index in [2.05, 4.69) is 17.3 Å². The van der Waals surface area contributed by atoms with Gasteiger partial charge in [-0.2, -0.15) is 13.2 Å². The molecule has 0 atom stereocenters. The van der Waals surface area contributed by atoms with Crippen LogP contribution in [0.2, 0.25) is 0 Å². The average Bonchev–Trinajstić information content (AvgIpc) is 2.03. The Hall–Kier alpha value is -1.26. The van der Waals surface area contributed by atoms with E-state index in [0.717, 1.165) is 18.3 Å². The molecule has 0 bridgehead atoms. The van der Waals surface area contributed by atoms with E-state index in [1.807, 2.05) is 0 Å². The number of alkyl halides is 3. The summed E-state index contributed by atoms with van der Waals surface area (Å²) in [5.74, 6) is 0.102. The second kappa shape index (κ2) is 3.00. The summed E-state index contributed by atoms with van der Waals surface area (Å²) in [4.78, 5) is 3.60. The van der Waals surface area contributed by atoms with E-state index in [4.69, 9.17) is 0 Å². The van der Waals surface area contributed by atoms with Crippen LogP contribution in [-0.4, -0.2) is 4.98 Å². The molecule has 0 amide bonds. The molecule has 1 radical (unpaired) electrons. The molecule has 5 heteroatoms. The van der Waals surface area contributed by atoms with Gasteiger partial charge in [0.2, 0.25) is 0 Å². The molecule has 2 nitrogen and oxygen atoms in total. The van der Waals surface area contributed by atoms with Crippen LogP contribution in [-0.2, 0) is 6.18 Å². The predicted octanol–water partition coefficient (Wildman–Crippen LogP) is 2.30. The van der Waals surface area contributed by atoms with Crippen molar-refractivity contribution in [3.63, 3.8) is 0 Å². The van der Waals surface area contributed by atoms with E-state index in [1.165, 1.54) is 0 Å². The SMILES string of the molecule is [CH2]Nc1cc(C(F)(F)F)ccn1. The first kappa shape index (κ1) is 8.83. The molecule has 1 N–H and O–H groups in total. The Morgan fingerprint density at radius 2 is 2.08 bits per heavy atom. The second-order valence-corrected chi connectivity index (χ2v) is 2.10. The highest BCUT2D eigenvalue weighted by Gasteiger charge is 2.30. The zero-order chi connectivity index (χ0) is 9.19. The quantitative estimate of drug-likeness (QED) is 0.708. The third kappa shape index (κ3) is 1.87. The smallest absolute Gasteiger partial charge is 0.368 e. The molecular formula is C7H6F3N2. The second-order valence-electron chi connectivity index (χ2n) is 2.10. The summed E-state index contributed by atoms with van der Waals surface area (Å²) in [6, 6.07) is 1.80. The summed E-state index contributed by atoms with van der Waals surface area (Å²) in [7, 11) is 3.20. The van der Waals surface area contributed by atoms with E-state index in [9.17, 15) is 13.2 Å². The first-order valence-corrected chi connectivity index (χ1v) is 3.10. The van der Waals surface area contributed by atoms with Crippen molar-refractivity contribution in [3.05, 3.63) is 30.9 Å². The number of rotatable bonds is 1. The first-order chi connectivity index (χ1) is 5.54. The fraction of sp³-hybridized carbons (Fsp3) is 0.143. The molecule has 1 heterocycles. The Labute approximate surface area is 67.4 Å². The van der Waals surface area contributed by atoms with Crippen molar-refractivity contribution in [1.82, 2.24) is 4.98 Å². The molecule has 0 aliphatic rings. The highest BCUT2D eigenvalue weighted by molar-refractivity contribution is 5.38. The molecule has 0 aliphatic carbocycles. The minimum Gasteiger partial charge on any atom is -0.368 e. The number of anilines is 1. The van der Waals surface area contributed by atoms with Crippen molar-refractivity contribution in [2.45, 2.75) is 6.18 Å². The lowest BCUT2D eigenvalue weighted by molar-refractivity contribution is -0.137. The van der Waals surface area contributed by atoms with Gasteiger partial charge in [0, 0.05) is 13.2 Å². The number of pyridine rings is 1. The van der Waals surface area contributed by atoms with Crippen LogP contribution in [0.5, 0.6) is 0 Å². The van der Waals surface area contributed by atoms with Gasteiger partial charge in [-0.3, -0.25) is 0 Å².